The van der Waals surface area contributed by atoms with Gasteiger partial charge in [-0.1, -0.05) is 11.6 Å². The Morgan fingerprint density at radius 2 is 1.68 bits per heavy atom. The van der Waals surface area contributed by atoms with Gasteiger partial charge in [-0.25, -0.2) is 0 Å². The molecule has 0 saturated heterocycles. The number of halogens is 4. The van der Waals surface area contributed by atoms with Crippen LogP contribution in [0.25, 0.3) is 11.0 Å². The second kappa shape index (κ2) is 15.7. The van der Waals surface area contributed by atoms with E-state index in [0.29, 0.717) is 41.2 Å². The van der Waals surface area contributed by atoms with E-state index in [1.807, 2.05) is 19.9 Å². The van der Waals surface area contributed by atoms with Crippen molar-refractivity contribution < 1.29 is 14.3 Å². The Labute approximate surface area is 205 Å². The molecule has 1 N–H and O–H groups in total. The van der Waals surface area contributed by atoms with Crippen LogP contribution in [0.2, 0.25) is 0 Å². The number of ether oxygens (including phenoxy) is 1. The number of fused-ring (bicyclic) bond motifs is 1. The zero-order valence-electron chi connectivity index (χ0n) is 18.3. The normalized spacial score (nSPS) is 10.3. The summed E-state index contributed by atoms with van der Waals surface area (Å²) < 4.78 is 11.0. The van der Waals surface area contributed by atoms with Crippen LogP contribution in [0.1, 0.15) is 25.2 Å². The molecule has 1 aromatic heterocycles. The predicted molar refractivity (Wildman–Crippen MR) is 134 cm³/mol. The standard InChI is InChI=1S/C16H18O4.C6H12Cl3N.ClH/c1-9(2)5-6-11-14(19-4)8-13(18)15-12(17)7-10(3)20-16(11)15;7-1-4-10(5-2-8)6-3-9;/h5,7-8,18H,6H2,1-4H3;1-6H2;1H. The van der Waals surface area contributed by atoms with E-state index in [-0.39, 0.29) is 29.0 Å². The average molecular weight is 515 g/mol. The van der Waals surface area contributed by atoms with Gasteiger partial charge in [0.25, 0.3) is 0 Å². The van der Waals surface area contributed by atoms with Crippen molar-refractivity contribution >= 4 is 58.2 Å². The fraction of sp³-hybridized carbons (Fsp3) is 0.500. The maximum atomic E-state index is 12.0. The first-order chi connectivity index (χ1) is 14.3. The first-order valence-electron chi connectivity index (χ1n) is 9.65. The van der Waals surface area contributed by atoms with E-state index in [0.717, 1.165) is 30.8 Å². The number of hydrogen-bond acceptors (Lipinski definition) is 5. The molecule has 9 heteroatoms. The lowest BCUT2D eigenvalue weighted by atomic mass is 10.0. The smallest absolute Gasteiger partial charge is 0.196 e. The molecule has 176 valence electrons. The molecule has 0 bridgehead atoms. The van der Waals surface area contributed by atoms with Crippen molar-refractivity contribution in [3.05, 3.63) is 45.3 Å². The van der Waals surface area contributed by atoms with Crippen molar-refractivity contribution in [1.29, 1.82) is 0 Å². The minimum Gasteiger partial charge on any atom is -0.507 e. The molecule has 0 atom stereocenters. The van der Waals surface area contributed by atoms with E-state index in [2.05, 4.69) is 4.90 Å². The third kappa shape index (κ3) is 9.50. The highest BCUT2D eigenvalue weighted by Crippen LogP contribution is 2.34. The third-order valence-electron chi connectivity index (χ3n) is 4.30. The Balaban J connectivity index is 0.000000701. The monoisotopic (exact) mass is 513 g/mol. The van der Waals surface area contributed by atoms with Gasteiger partial charge in [-0.3, -0.25) is 9.69 Å². The molecule has 0 spiro atoms. The number of nitrogens with zero attached hydrogens (tertiary/aromatic N) is 1. The Morgan fingerprint density at radius 3 is 2.13 bits per heavy atom. The Morgan fingerprint density at radius 1 is 1.13 bits per heavy atom. The summed E-state index contributed by atoms with van der Waals surface area (Å²) in [5.74, 6) is 2.84. The van der Waals surface area contributed by atoms with Crippen LogP contribution in [-0.2, 0) is 6.42 Å². The lowest BCUT2D eigenvalue weighted by Crippen LogP contribution is -2.29. The van der Waals surface area contributed by atoms with Gasteiger partial charge in [0.1, 0.15) is 28.2 Å². The van der Waals surface area contributed by atoms with Gasteiger partial charge >= 0.3 is 0 Å². The maximum absolute atomic E-state index is 12.0. The fourth-order valence-corrected chi connectivity index (χ4v) is 3.55. The maximum Gasteiger partial charge on any atom is 0.196 e. The van der Waals surface area contributed by atoms with Gasteiger partial charge in [-0.2, -0.15) is 0 Å². The summed E-state index contributed by atoms with van der Waals surface area (Å²) in [6, 6.07) is 2.84. The van der Waals surface area contributed by atoms with Crippen LogP contribution in [0.4, 0.5) is 0 Å². The van der Waals surface area contributed by atoms with Crippen LogP contribution in [0, 0.1) is 6.92 Å². The first kappa shape index (κ1) is 29.9. The molecule has 0 fully saturated rings. The van der Waals surface area contributed by atoms with Crippen molar-refractivity contribution in [2.75, 3.05) is 44.4 Å². The topological polar surface area (TPSA) is 62.9 Å². The molecule has 2 rings (SSSR count). The molecule has 0 aliphatic carbocycles. The molecule has 5 nitrogen and oxygen atoms in total. The number of aryl methyl sites for hydroxylation is 1. The number of phenols is 1. The second-order valence-electron chi connectivity index (χ2n) is 6.90. The number of rotatable bonds is 9. The van der Waals surface area contributed by atoms with E-state index in [1.54, 1.807) is 6.92 Å². The molecular formula is C22H31Cl4NO4. The Kier molecular flexibility index (Phi) is 15.1. The predicted octanol–water partition coefficient (Wildman–Crippen LogP) is 5.75. The van der Waals surface area contributed by atoms with E-state index < -0.39 is 0 Å². The fourth-order valence-electron chi connectivity index (χ4n) is 2.84. The summed E-state index contributed by atoms with van der Waals surface area (Å²) in [4.78, 5) is 14.2. The molecular weight excluding hydrogens is 484 g/mol. The number of methoxy groups -OCH3 is 1. The summed E-state index contributed by atoms with van der Waals surface area (Å²) in [5.41, 5.74) is 2.07. The lowest BCUT2D eigenvalue weighted by molar-refractivity contribution is 0.327. The van der Waals surface area contributed by atoms with E-state index >= 15 is 0 Å². The summed E-state index contributed by atoms with van der Waals surface area (Å²) in [6.07, 6.45) is 2.60. The van der Waals surface area contributed by atoms with Gasteiger partial charge in [-0.15, -0.1) is 47.2 Å². The van der Waals surface area contributed by atoms with E-state index in [4.69, 9.17) is 44.0 Å². The highest BCUT2D eigenvalue weighted by molar-refractivity contribution is 6.18. The van der Waals surface area contributed by atoms with Crippen molar-refractivity contribution in [1.82, 2.24) is 4.90 Å². The lowest BCUT2D eigenvalue weighted by Gasteiger charge is -2.17. The Bertz CT molecular complexity index is 881. The zero-order valence-corrected chi connectivity index (χ0v) is 21.4. The number of phenolic OH excluding ortho intramolecular Hbond substituents is 1. The summed E-state index contributed by atoms with van der Waals surface area (Å²) in [6.45, 7) is 8.33. The molecule has 2 aromatic rings. The highest BCUT2D eigenvalue weighted by Gasteiger charge is 2.17. The van der Waals surface area contributed by atoms with Crippen molar-refractivity contribution in [2.45, 2.75) is 27.2 Å². The first-order valence-corrected chi connectivity index (χ1v) is 11.3. The highest BCUT2D eigenvalue weighted by atomic mass is 35.5. The minimum atomic E-state index is -0.248. The summed E-state index contributed by atoms with van der Waals surface area (Å²) in [5, 5.41) is 10.2. The molecule has 1 aromatic carbocycles. The van der Waals surface area contributed by atoms with Crippen LogP contribution >= 0.6 is 47.2 Å². The van der Waals surface area contributed by atoms with Gasteiger partial charge < -0.3 is 14.3 Å². The number of allylic oxidation sites excluding steroid dienone is 2. The average Bonchev–Trinajstić information content (AvgIpc) is 2.67. The Hall–Kier alpha value is -1.11. The van der Waals surface area contributed by atoms with Gasteiger partial charge in [-0.05, 0) is 27.2 Å². The number of aromatic hydroxyl groups is 1. The second-order valence-corrected chi connectivity index (χ2v) is 8.03. The summed E-state index contributed by atoms with van der Waals surface area (Å²) in [7, 11) is 1.53. The number of hydrogen-bond donors (Lipinski definition) is 1. The van der Waals surface area contributed by atoms with Gasteiger partial charge in [0, 0.05) is 55.0 Å². The minimum absolute atomic E-state index is 0. The van der Waals surface area contributed by atoms with Gasteiger partial charge in [0.15, 0.2) is 5.43 Å². The van der Waals surface area contributed by atoms with Gasteiger partial charge in [0.05, 0.1) is 7.11 Å². The largest absolute Gasteiger partial charge is 0.507 e. The number of benzene rings is 1. The van der Waals surface area contributed by atoms with Crippen LogP contribution < -0.4 is 10.2 Å². The quantitative estimate of drug-likeness (QED) is 0.341. The molecule has 0 unspecified atom stereocenters. The number of alkyl halides is 3. The zero-order chi connectivity index (χ0) is 22.7. The molecule has 31 heavy (non-hydrogen) atoms. The van der Waals surface area contributed by atoms with Crippen LogP contribution in [0.3, 0.4) is 0 Å². The van der Waals surface area contributed by atoms with E-state index in [1.165, 1.54) is 19.2 Å². The molecule has 0 saturated carbocycles. The molecule has 1 heterocycles. The van der Waals surface area contributed by atoms with Crippen molar-refractivity contribution in [3.8, 4) is 11.5 Å². The molecule has 0 radical (unpaired) electrons. The van der Waals surface area contributed by atoms with Gasteiger partial charge in [0.2, 0.25) is 0 Å². The molecule has 0 aliphatic rings. The SMILES string of the molecule is COc1cc(O)c2c(=O)cc(C)oc2c1CC=C(C)C.Cl.ClCCN(CCCl)CCCl. The summed E-state index contributed by atoms with van der Waals surface area (Å²) >= 11 is 16.6. The molecule has 0 aliphatic heterocycles. The van der Waals surface area contributed by atoms with E-state index in [9.17, 15) is 9.90 Å². The molecule has 0 amide bonds. The van der Waals surface area contributed by atoms with Crippen LogP contribution in [0.15, 0.2) is 33.0 Å². The van der Waals surface area contributed by atoms with Crippen LogP contribution in [-0.4, -0.2) is 54.4 Å². The third-order valence-corrected chi connectivity index (χ3v) is 4.81. The van der Waals surface area contributed by atoms with Crippen molar-refractivity contribution in [2.24, 2.45) is 0 Å². The van der Waals surface area contributed by atoms with Crippen molar-refractivity contribution in [3.63, 3.8) is 0 Å². The van der Waals surface area contributed by atoms with Crippen LogP contribution in [0.5, 0.6) is 11.5 Å².